The van der Waals surface area contributed by atoms with E-state index in [2.05, 4.69) is 5.16 Å². The van der Waals surface area contributed by atoms with Crippen LogP contribution in [0.1, 0.15) is 37.1 Å². The van der Waals surface area contributed by atoms with Crippen LogP contribution in [0.2, 0.25) is 0 Å². The van der Waals surface area contributed by atoms with Gasteiger partial charge in [0.05, 0.1) is 12.7 Å². The molecule has 5 nitrogen and oxygen atoms in total. The van der Waals surface area contributed by atoms with Crippen molar-refractivity contribution >= 4 is 0 Å². The molecule has 2 atom stereocenters. The molecule has 5 heteroatoms. The normalized spacial score (nSPS) is 25.1. The minimum atomic E-state index is 0.159. The maximum atomic E-state index is 6.01. The van der Waals surface area contributed by atoms with Crippen LogP contribution in [0.5, 0.6) is 0 Å². The quantitative estimate of drug-likeness (QED) is 0.846. The van der Waals surface area contributed by atoms with Crippen LogP contribution in [0, 0.1) is 0 Å². The minimum Gasteiger partial charge on any atom is -0.377 e. The predicted molar refractivity (Wildman–Crippen MR) is 62.2 cm³/mol. The summed E-state index contributed by atoms with van der Waals surface area (Å²) in [5.74, 6) is 0.721. The average Bonchev–Trinajstić information content (AvgIpc) is 2.76. The number of nitrogens with two attached hydrogens (primary N) is 1. The first-order valence-electron chi connectivity index (χ1n) is 6.10. The Morgan fingerprint density at radius 3 is 3.00 bits per heavy atom. The number of methoxy groups -OCH3 is 1. The topological polar surface area (TPSA) is 70.5 Å². The molecule has 1 aromatic rings. The van der Waals surface area contributed by atoms with E-state index >= 15 is 0 Å². The number of aromatic nitrogens is 1. The van der Waals surface area contributed by atoms with Crippen LogP contribution in [-0.2, 0) is 22.7 Å². The molecule has 1 saturated carbocycles. The van der Waals surface area contributed by atoms with Gasteiger partial charge in [-0.2, -0.15) is 0 Å². The lowest BCUT2D eigenvalue weighted by atomic mass is 9.93. The summed E-state index contributed by atoms with van der Waals surface area (Å²) >= 11 is 0. The monoisotopic (exact) mass is 240 g/mol. The molecule has 0 aromatic carbocycles. The molecule has 1 heterocycles. The van der Waals surface area contributed by atoms with Gasteiger partial charge < -0.3 is 19.7 Å². The van der Waals surface area contributed by atoms with Gasteiger partial charge in [-0.1, -0.05) is 18.0 Å². The zero-order valence-electron chi connectivity index (χ0n) is 10.2. The van der Waals surface area contributed by atoms with E-state index in [1.165, 1.54) is 12.8 Å². The smallest absolute Gasteiger partial charge is 0.162 e. The van der Waals surface area contributed by atoms with E-state index in [4.69, 9.17) is 19.7 Å². The third-order valence-corrected chi connectivity index (χ3v) is 3.09. The zero-order valence-corrected chi connectivity index (χ0v) is 10.2. The van der Waals surface area contributed by atoms with Crippen LogP contribution in [0.3, 0.4) is 0 Å². The maximum absolute atomic E-state index is 6.01. The number of ether oxygens (including phenoxy) is 2. The van der Waals surface area contributed by atoms with Gasteiger partial charge in [-0.25, -0.2) is 0 Å². The van der Waals surface area contributed by atoms with E-state index in [-0.39, 0.29) is 12.1 Å². The van der Waals surface area contributed by atoms with Gasteiger partial charge in [-0.05, 0) is 12.8 Å². The Morgan fingerprint density at radius 2 is 2.24 bits per heavy atom. The van der Waals surface area contributed by atoms with Gasteiger partial charge in [-0.15, -0.1) is 0 Å². The highest BCUT2D eigenvalue weighted by Crippen LogP contribution is 2.20. The molecule has 0 saturated heterocycles. The van der Waals surface area contributed by atoms with Crippen molar-refractivity contribution in [3.05, 3.63) is 17.5 Å². The number of hydrogen-bond acceptors (Lipinski definition) is 5. The summed E-state index contributed by atoms with van der Waals surface area (Å²) in [5, 5.41) is 3.92. The van der Waals surface area contributed by atoms with E-state index in [0.29, 0.717) is 13.2 Å². The summed E-state index contributed by atoms with van der Waals surface area (Å²) < 4.78 is 15.8. The van der Waals surface area contributed by atoms with Gasteiger partial charge in [0.1, 0.15) is 12.3 Å². The number of hydrogen-bond donors (Lipinski definition) is 1. The molecule has 2 unspecified atom stereocenters. The van der Waals surface area contributed by atoms with E-state index in [9.17, 15) is 0 Å². The summed E-state index contributed by atoms with van der Waals surface area (Å²) in [6.07, 6.45) is 4.67. The van der Waals surface area contributed by atoms with Gasteiger partial charge in [0.2, 0.25) is 0 Å². The fourth-order valence-corrected chi connectivity index (χ4v) is 2.16. The third kappa shape index (κ3) is 3.52. The number of rotatable bonds is 5. The largest absolute Gasteiger partial charge is 0.377 e. The fraction of sp³-hybridized carbons (Fsp3) is 0.750. The molecule has 0 amide bonds. The molecule has 2 N–H and O–H groups in total. The highest BCUT2D eigenvalue weighted by molar-refractivity contribution is 5.03. The second-order valence-corrected chi connectivity index (χ2v) is 4.52. The van der Waals surface area contributed by atoms with Crippen LogP contribution in [0.4, 0.5) is 0 Å². The van der Waals surface area contributed by atoms with E-state index in [0.717, 1.165) is 24.3 Å². The molecule has 0 radical (unpaired) electrons. The molecule has 1 aliphatic rings. The van der Waals surface area contributed by atoms with Crippen LogP contribution in [0.15, 0.2) is 10.6 Å². The molecular weight excluding hydrogens is 220 g/mol. The van der Waals surface area contributed by atoms with Crippen molar-refractivity contribution in [3.63, 3.8) is 0 Å². The average molecular weight is 240 g/mol. The van der Waals surface area contributed by atoms with E-state index in [1.54, 1.807) is 7.11 Å². The van der Waals surface area contributed by atoms with Crippen molar-refractivity contribution in [3.8, 4) is 0 Å². The van der Waals surface area contributed by atoms with Crippen molar-refractivity contribution in [2.75, 3.05) is 7.11 Å². The summed E-state index contributed by atoms with van der Waals surface area (Å²) in [5.41, 5.74) is 6.81. The Morgan fingerprint density at radius 1 is 1.41 bits per heavy atom. The second-order valence-electron chi connectivity index (χ2n) is 4.52. The second kappa shape index (κ2) is 6.14. The van der Waals surface area contributed by atoms with Gasteiger partial charge in [0.25, 0.3) is 0 Å². The molecule has 1 aromatic heterocycles. The Labute approximate surface area is 101 Å². The van der Waals surface area contributed by atoms with E-state index < -0.39 is 0 Å². The molecule has 0 bridgehead atoms. The molecule has 2 rings (SSSR count). The van der Waals surface area contributed by atoms with Gasteiger partial charge >= 0.3 is 0 Å². The predicted octanol–water partition coefficient (Wildman–Crippen LogP) is 1.61. The Balaban J connectivity index is 1.79. The molecule has 1 aliphatic carbocycles. The van der Waals surface area contributed by atoms with Gasteiger partial charge in [-0.3, -0.25) is 0 Å². The maximum Gasteiger partial charge on any atom is 0.162 e. The van der Waals surface area contributed by atoms with Crippen molar-refractivity contribution in [1.29, 1.82) is 0 Å². The minimum absolute atomic E-state index is 0.159. The van der Waals surface area contributed by atoms with Crippen LogP contribution < -0.4 is 5.73 Å². The lowest BCUT2D eigenvalue weighted by Gasteiger charge is -2.28. The van der Waals surface area contributed by atoms with Crippen molar-refractivity contribution in [1.82, 2.24) is 5.16 Å². The van der Waals surface area contributed by atoms with Gasteiger partial charge in [0, 0.05) is 19.2 Å². The number of nitrogens with zero attached hydrogens (tertiary/aromatic N) is 1. The van der Waals surface area contributed by atoms with Crippen LogP contribution in [0.25, 0.3) is 0 Å². The van der Waals surface area contributed by atoms with Gasteiger partial charge in [0.15, 0.2) is 5.76 Å². The highest BCUT2D eigenvalue weighted by Gasteiger charge is 2.22. The SMILES string of the molecule is COCc1cc(COC2CCCCC2N)no1. The molecule has 1 fully saturated rings. The molecular formula is C12H20N2O3. The Hall–Kier alpha value is -0.910. The van der Waals surface area contributed by atoms with E-state index in [1.807, 2.05) is 6.07 Å². The van der Waals surface area contributed by atoms with Crippen molar-refractivity contribution in [2.45, 2.75) is 51.0 Å². The summed E-state index contributed by atoms with van der Waals surface area (Å²) in [6.45, 7) is 0.904. The summed E-state index contributed by atoms with van der Waals surface area (Å²) in [7, 11) is 1.62. The molecule has 96 valence electrons. The first-order chi connectivity index (χ1) is 8.29. The van der Waals surface area contributed by atoms with Crippen LogP contribution >= 0.6 is 0 Å². The Kier molecular flexibility index (Phi) is 4.53. The zero-order chi connectivity index (χ0) is 12.1. The fourth-order valence-electron chi connectivity index (χ4n) is 2.16. The lowest BCUT2D eigenvalue weighted by Crippen LogP contribution is -2.39. The first kappa shape index (κ1) is 12.5. The summed E-state index contributed by atoms with van der Waals surface area (Å²) in [4.78, 5) is 0. The van der Waals surface area contributed by atoms with Crippen molar-refractivity contribution in [2.24, 2.45) is 5.73 Å². The molecule has 0 aliphatic heterocycles. The van der Waals surface area contributed by atoms with Crippen molar-refractivity contribution < 1.29 is 14.0 Å². The highest BCUT2D eigenvalue weighted by atomic mass is 16.5. The first-order valence-corrected chi connectivity index (χ1v) is 6.10. The Bertz CT molecular complexity index is 340. The lowest BCUT2D eigenvalue weighted by molar-refractivity contribution is 0.00158. The summed E-state index contributed by atoms with van der Waals surface area (Å²) in [6, 6.07) is 2.02. The standard InChI is InChI=1S/C12H20N2O3/c1-15-8-10-6-9(14-17-10)7-16-12-5-3-2-4-11(12)13/h6,11-12H,2-5,7-8,13H2,1H3. The molecule has 0 spiro atoms. The van der Waals surface area contributed by atoms with Crippen LogP contribution in [-0.4, -0.2) is 24.4 Å². The molecule has 17 heavy (non-hydrogen) atoms. The third-order valence-electron chi connectivity index (χ3n) is 3.09.